The van der Waals surface area contributed by atoms with Crippen LogP contribution in [0.15, 0.2) is 47.4 Å². The fourth-order valence-electron chi connectivity index (χ4n) is 1.65. The Morgan fingerprint density at radius 1 is 1.25 bits per heavy atom. The molecule has 0 saturated carbocycles. The number of carbonyl (C=O) groups excluding carboxylic acids is 1. The maximum Gasteiger partial charge on any atom is 0.265 e. The molecule has 0 aliphatic carbocycles. The zero-order valence-corrected chi connectivity index (χ0v) is 12.2. The van der Waals surface area contributed by atoms with Crippen LogP contribution < -0.4 is 17.0 Å². The molecule has 0 bridgehead atoms. The van der Waals surface area contributed by atoms with Crippen LogP contribution in [0.2, 0.25) is 5.02 Å². The summed E-state index contributed by atoms with van der Waals surface area (Å²) < 4.78 is 0. The number of hydrogen-bond acceptors (Lipinski definition) is 4. The molecule has 0 radical (unpaired) electrons. The van der Waals surface area contributed by atoms with E-state index in [4.69, 9.17) is 23.2 Å². The van der Waals surface area contributed by atoms with Gasteiger partial charge in [0.15, 0.2) is 0 Å². The topological polar surface area (TPSA) is 81.1 Å². The lowest BCUT2D eigenvalue weighted by Crippen LogP contribution is -2.29. The fourth-order valence-corrected chi connectivity index (χ4v) is 2.77. The van der Waals surface area contributed by atoms with E-state index >= 15 is 0 Å². The van der Waals surface area contributed by atoms with Crippen molar-refractivity contribution in [2.45, 2.75) is 10.6 Å². The Bertz CT molecular complexity index is 634. The summed E-state index contributed by atoms with van der Waals surface area (Å²) in [7, 11) is 0. The quantitative estimate of drug-likeness (QED) is 0.267. The summed E-state index contributed by atoms with van der Waals surface area (Å²) in [5, 5.41) is 0.547. The number of benzene rings is 2. The first kappa shape index (κ1) is 14.7. The molecule has 0 heterocycles. The molecule has 2 aromatic rings. The number of amides is 1. The molecular weight excluding hydrogens is 294 g/mol. The van der Waals surface area contributed by atoms with Gasteiger partial charge < -0.3 is 5.73 Å². The maximum absolute atomic E-state index is 11.4. The molecule has 20 heavy (non-hydrogen) atoms. The molecule has 2 rings (SSSR count). The molecule has 0 spiro atoms. The molecular formula is C14H14ClN3OS. The van der Waals surface area contributed by atoms with Crippen LogP contribution >= 0.6 is 23.4 Å². The van der Waals surface area contributed by atoms with E-state index in [1.807, 2.05) is 30.3 Å². The highest BCUT2D eigenvalue weighted by Gasteiger charge is 2.05. The van der Waals surface area contributed by atoms with Gasteiger partial charge in [0.1, 0.15) is 0 Å². The van der Waals surface area contributed by atoms with Gasteiger partial charge in [-0.25, -0.2) is 5.84 Å². The second-order valence-corrected chi connectivity index (χ2v) is 5.60. The van der Waals surface area contributed by atoms with Gasteiger partial charge in [0.25, 0.3) is 5.91 Å². The van der Waals surface area contributed by atoms with Gasteiger partial charge in [-0.3, -0.25) is 10.2 Å². The lowest BCUT2D eigenvalue weighted by Gasteiger charge is -2.06. The van der Waals surface area contributed by atoms with Crippen LogP contribution in [0.5, 0.6) is 0 Å². The molecule has 0 aliphatic heterocycles. The van der Waals surface area contributed by atoms with Crippen molar-refractivity contribution in [3.8, 4) is 0 Å². The smallest absolute Gasteiger partial charge is 0.265 e. The van der Waals surface area contributed by atoms with E-state index < -0.39 is 0 Å². The predicted octanol–water partition coefficient (Wildman–Crippen LogP) is 2.82. The van der Waals surface area contributed by atoms with Gasteiger partial charge >= 0.3 is 0 Å². The molecule has 0 unspecified atom stereocenters. The van der Waals surface area contributed by atoms with E-state index in [0.717, 1.165) is 16.2 Å². The van der Waals surface area contributed by atoms with Crippen LogP contribution in [-0.4, -0.2) is 5.91 Å². The van der Waals surface area contributed by atoms with Crippen LogP contribution in [-0.2, 0) is 5.75 Å². The highest BCUT2D eigenvalue weighted by atomic mass is 35.5. The molecule has 0 atom stereocenters. The van der Waals surface area contributed by atoms with Crippen molar-refractivity contribution in [2.75, 3.05) is 5.73 Å². The zero-order chi connectivity index (χ0) is 14.5. The minimum absolute atomic E-state index is 0.299. The van der Waals surface area contributed by atoms with Gasteiger partial charge in [-0.05, 0) is 35.9 Å². The summed E-state index contributed by atoms with van der Waals surface area (Å²) in [5.41, 5.74) is 9.93. The average molecular weight is 308 g/mol. The van der Waals surface area contributed by atoms with Crippen LogP contribution in [0, 0.1) is 0 Å². The van der Waals surface area contributed by atoms with E-state index in [9.17, 15) is 4.79 Å². The van der Waals surface area contributed by atoms with E-state index in [1.165, 1.54) is 0 Å². The van der Waals surface area contributed by atoms with Crippen molar-refractivity contribution >= 4 is 35.0 Å². The lowest BCUT2D eigenvalue weighted by atomic mass is 10.1. The second kappa shape index (κ2) is 6.65. The number of carbonyl (C=O) groups is 1. The van der Waals surface area contributed by atoms with Crippen LogP contribution in [0.25, 0.3) is 0 Å². The molecule has 0 aromatic heterocycles. The van der Waals surface area contributed by atoms with Crippen molar-refractivity contribution in [3.05, 3.63) is 58.6 Å². The molecule has 4 nitrogen and oxygen atoms in total. The maximum atomic E-state index is 11.4. The van der Waals surface area contributed by atoms with Gasteiger partial charge in [-0.2, -0.15) is 0 Å². The van der Waals surface area contributed by atoms with Crippen molar-refractivity contribution in [2.24, 2.45) is 5.84 Å². The number of nitrogen functional groups attached to an aromatic ring is 2. The second-order valence-electron chi connectivity index (χ2n) is 4.15. The third-order valence-corrected chi connectivity index (χ3v) is 4.09. The molecule has 0 saturated heterocycles. The molecule has 1 amide bonds. The number of rotatable bonds is 4. The molecule has 2 aromatic carbocycles. The Balaban J connectivity index is 2.07. The van der Waals surface area contributed by atoms with Crippen LogP contribution in [0.1, 0.15) is 15.9 Å². The summed E-state index contributed by atoms with van der Waals surface area (Å²) >= 11 is 7.60. The number of anilines is 1. The van der Waals surface area contributed by atoms with Crippen molar-refractivity contribution in [3.63, 3.8) is 0 Å². The number of hydrazine groups is 1. The summed E-state index contributed by atoms with van der Waals surface area (Å²) in [6.07, 6.45) is 0. The highest BCUT2D eigenvalue weighted by molar-refractivity contribution is 7.98. The van der Waals surface area contributed by atoms with Crippen molar-refractivity contribution in [1.82, 2.24) is 5.43 Å². The molecule has 0 fully saturated rings. The molecule has 0 aliphatic rings. The summed E-state index contributed by atoms with van der Waals surface area (Å²) in [4.78, 5) is 12.5. The molecule has 104 valence electrons. The highest BCUT2D eigenvalue weighted by Crippen LogP contribution is 2.28. The first-order valence-corrected chi connectivity index (χ1v) is 7.24. The van der Waals surface area contributed by atoms with Gasteiger partial charge in [-0.1, -0.05) is 23.7 Å². The third kappa shape index (κ3) is 3.66. The van der Waals surface area contributed by atoms with Crippen molar-refractivity contribution < 1.29 is 4.79 Å². The first-order valence-electron chi connectivity index (χ1n) is 5.88. The van der Waals surface area contributed by atoms with Crippen LogP contribution in [0.4, 0.5) is 5.69 Å². The van der Waals surface area contributed by atoms with Gasteiger partial charge in [0.2, 0.25) is 0 Å². The first-order chi connectivity index (χ1) is 9.60. The zero-order valence-electron chi connectivity index (χ0n) is 10.6. The number of nitrogens with one attached hydrogen (secondary N) is 1. The normalized spacial score (nSPS) is 10.3. The Morgan fingerprint density at radius 2 is 2.05 bits per heavy atom. The average Bonchev–Trinajstić information content (AvgIpc) is 2.48. The van der Waals surface area contributed by atoms with E-state index in [2.05, 4.69) is 5.43 Å². The Hall–Kier alpha value is -1.69. The summed E-state index contributed by atoms with van der Waals surface area (Å²) in [6.45, 7) is 0. The fraction of sp³-hybridized carbons (Fsp3) is 0.0714. The molecule has 6 heteroatoms. The summed E-state index contributed by atoms with van der Waals surface area (Å²) in [5.74, 6) is 5.55. The van der Waals surface area contributed by atoms with E-state index in [0.29, 0.717) is 16.3 Å². The standard InChI is InChI=1S/C14H14ClN3OS/c15-12-7-11(4-5-13(12)16)20-8-9-2-1-3-10(6-9)14(19)18-17/h1-7H,8,16-17H2,(H,18,19). The predicted molar refractivity (Wildman–Crippen MR) is 83.5 cm³/mol. The van der Waals surface area contributed by atoms with Crippen LogP contribution in [0.3, 0.4) is 0 Å². The SMILES string of the molecule is NNC(=O)c1cccc(CSc2ccc(N)c(Cl)c2)c1. The Kier molecular flexibility index (Phi) is 4.89. The number of halogens is 1. The number of thioether (sulfide) groups is 1. The minimum Gasteiger partial charge on any atom is -0.398 e. The van der Waals surface area contributed by atoms with Gasteiger partial charge in [0, 0.05) is 16.2 Å². The largest absolute Gasteiger partial charge is 0.398 e. The van der Waals surface area contributed by atoms with E-state index in [1.54, 1.807) is 23.9 Å². The Labute approximate surface area is 126 Å². The number of hydrogen-bond donors (Lipinski definition) is 3. The minimum atomic E-state index is -0.299. The third-order valence-electron chi connectivity index (χ3n) is 2.70. The summed E-state index contributed by atoms with van der Waals surface area (Å²) in [6, 6.07) is 12.9. The van der Waals surface area contributed by atoms with E-state index in [-0.39, 0.29) is 5.91 Å². The number of nitrogens with two attached hydrogens (primary N) is 2. The van der Waals surface area contributed by atoms with Crippen molar-refractivity contribution in [1.29, 1.82) is 0 Å². The monoisotopic (exact) mass is 307 g/mol. The lowest BCUT2D eigenvalue weighted by molar-refractivity contribution is 0.0953. The molecule has 5 N–H and O–H groups in total. The van der Waals surface area contributed by atoms with Gasteiger partial charge in [-0.15, -0.1) is 11.8 Å². The van der Waals surface area contributed by atoms with Gasteiger partial charge in [0.05, 0.1) is 10.7 Å². The Morgan fingerprint density at radius 3 is 2.75 bits per heavy atom.